The van der Waals surface area contributed by atoms with Crippen LogP contribution in [0.25, 0.3) is 0 Å². The summed E-state index contributed by atoms with van der Waals surface area (Å²) in [5, 5.41) is 0. The van der Waals surface area contributed by atoms with Gasteiger partial charge >= 0.3 is 0 Å². The van der Waals surface area contributed by atoms with Crippen LogP contribution >= 0.6 is 0 Å². The second-order valence-corrected chi connectivity index (χ2v) is 7.38. The minimum Gasteiger partial charge on any atom is -0.398 e. The maximum absolute atomic E-state index is 5.66. The third kappa shape index (κ3) is 14.1. The molecule has 0 amide bonds. The molecule has 1 atom stereocenters. The summed E-state index contributed by atoms with van der Waals surface area (Å²) in [5.41, 5.74) is 0. The molecule has 3 heteroatoms. The molecule has 0 saturated heterocycles. The molecule has 0 aliphatic rings. The number of hydrogen-bond donors (Lipinski definition) is 0. The van der Waals surface area contributed by atoms with E-state index >= 15 is 0 Å². The topological polar surface area (TPSA) is 18.5 Å². The zero-order valence-electron chi connectivity index (χ0n) is 12.2. The van der Waals surface area contributed by atoms with E-state index in [1.807, 2.05) is 6.92 Å². The van der Waals surface area contributed by atoms with E-state index in [4.69, 9.17) is 9.16 Å². The van der Waals surface area contributed by atoms with Gasteiger partial charge in [0.1, 0.15) is 6.79 Å². The average Bonchev–Trinajstić information content (AvgIpc) is 2.33. The molecular formula is C14H32O2Si. The predicted octanol–water partition coefficient (Wildman–Crippen LogP) is 4.49. The Bertz CT molecular complexity index is 142. The first-order chi connectivity index (χ1) is 8.31. The molecule has 0 radical (unpaired) electrons. The number of unbranched alkanes of at least 4 members (excludes halogenated alkanes) is 7. The van der Waals surface area contributed by atoms with Gasteiger partial charge in [0.2, 0.25) is 0 Å². The maximum Gasteiger partial charge on any atom is 0.177 e. The first-order valence-corrected chi connectivity index (χ1v) is 9.94. The lowest BCUT2D eigenvalue weighted by Gasteiger charge is -2.11. The highest BCUT2D eigenvalue weighted by Crippen LogP contribution is 2.11. The van der Waals surface area contributed by atoms with Crippen molar-refractivity contribution in [3.63, 3.8) is 0 Å². The molecule has 2 nitrogen and oxygen atoms in total. The van der Waals surface area contributed by atoms with E-state index in [1.165, 1.54) is 57.4 Å². The van der Waals surface area contributed by atoms with Crippen LogP contribution in [0, 0.1) is 0 Å². The van der Waals surface area contributed by atoms with Crippen LogP contribution in [0.15, 0.2) is 0 Å². The van der Waals surface area contributed by atoms with Gasteiger partial charge in [0.25, 0.3) is 0 Å². The van der Waals surface area contributed by atoms with Gasteiger partial charge in [0, 0.05) is 6.61 Å². The van der Waals surface area contributed by atoms with E-state index in [2.05, 4.69) is 13.5 Å². The summed E-state index contributed by atoms with van der Waals surface area (Å²) in [6, 6.07) is 1.31. The third-order valence-electron chi connectivity index (χ3n) is 3.10. The highest BCUT2D eigenvalue weighted by Gasteiger charge is 2.03. The molecule has 17 heavy (non-hydrogen) atoms. The Morgan fingerprint density at radius 2 is 1.41 bits per heavy atom. The molecule has 0 bridgehead atoms. The van der Waals surface area contributed by atoms with E-state index in [1.54, 1.807) is 0 Å². The molecule has 0 aromatic carbocycles. The summed E-state index contributed by atoms with van der Waals surface area (Å²) in [6.07, 6.45) is 11.2. The van der Waals surface area contributed by atoms with Gasteiger partial charge in [-0.1, -0.05) is 58.3 Å². The molecule has 0 rings (SSSR count). The van der Waals surface area contributed by atoms with Gasteiger partial charge in [-0.15, -0.1) is 0 Å². The standard InChI is InChI=1S/C14H32O2Si/c1-4-6-7-8-9-10-11-12-13-17(3)16-14-15-5-2/h17H,4-14H2,1-3H3. The van der Waals surface area contributed by atoms with Crippen molar-refractivity contribution in [2.45, 2.75) is 77.8 Å². The minimum atomic E-state index is -0.929. The van der Waals surface area contributed by atoms with Crippen LogP contribution in [0.1, 0.15) is 65.2 Å². The molecule has 0 fully saturated rings. The first-order valence-electron chi connectivity index (χ1n) is 7.50. The SMILES string of the molecule is CCCCCCCCCC[SiH](C)OCOCC. The largest absolute Gasteiger partial charge is 0.398 e. The van der Waals surface area contributed by atoms with Gasteiger partial charge < -0.3 is 9.16 Å². The van der Waals surface area contributed by atoms with Crippen molar-refractivity contribution in [3.8, 4) is 0 Å². The van der Waals surface area contributed by atoms with Crippen molar-refractivity contribution < 1.29 is 9.16 Å². The molecule has 0 heterocycles. The quantitative estimate of drug-likeness (QED) is 0.276. The van der Waals surface area contributed by atoms with E-state index in [0.29, 0.717) is 6.79 Å². The predicted molar refractivity (Wildman–Crippen MR) is 78.0 cm³/mol. The molecule has 1 unspecified atom stereocenters. The molecule has 0 aromatic rings. The highest BCUT2D eigenvalue weighted by atomic mass is 28.3. The van der Waals surface area contributed by atoms with Gasteiger partial charge in [-0.25, -0.2) is 0 Å². The Morgan fingerprint density at radius 3 is 2.00 bits per heavy atom. The number of ether oxygens (including phenoxy) is 1. The van der Waals surface area contributed by atoms with Gasteiger partial charge in [-0.05, 0) is 19.5 Å². The monoisotopic (exact) mass is 260 g/mol. The Hall–Kier alpha value is 0.137. The Morgan fingerprint density at radius 1 is 0.824 bits per heavy atom. The van der Waals surface area contributed by atoms with Crippen LogP contribution in [0.3, 0.4) is 0 Å². The Balaban J connectivity index is 3.05. The molecule has 0 saturated carbocycles. The second-order valence-electron chi connectivity index (χ2n) is 4.85. The second kappa shape index (κ2) is 14.2. The van der Waals surface area contributed by atoms with Crippen molar-refractivity contribution in [2.75, 3.05) is 13.4 Å². The first kappa shape index (κ1) is 17.1. The van der Waals surface area contributed by atoms with Crippen LogP contribution in [-0.2, 0) is 9.16 Å². The fourth-order valence-electron chi connectivity index (χ4n) is 1.90. The fourth-order valence-corrected chi connectivity index (χ4v) is 3.26. The summed E-state index contributed by atoms with van der Waals surface area (Å²) < 4.78 is 10.9. The van der Waals surface area contributed by atoms with E-state index < -0.39 is 9.04 Å². The van der Waals surface area contributed by atoms with E-state index in [9.17, 15) is 0 Å². The smallest absolute Gasteiger partial charge is 0.177 e. The van der Waals surface area contributed by atoms with E-state index in [-0.39, 0.29) is 0 Å². The van der Waals surface area contributed by atoms with Gasteiger partial charge in [-0.3, -0.25) is 0 Å². The van der Waals surface area contributed by atoms with Crippen LogP contribution in [0.5, 0.6) is 0 Å². The lowest BCUT2D eigenvalue weighted by Crippen LogP contribution is -2.15. The van der Waals surface area contributed by atoms with E-state index in [0.717, 1.165) is 6.61 Å². The number of hydrogen-bond acceptors (Lipinski definition) is 2. The van der Waals surface area contributed by atoms with Crippen molar-refractivity contribution in [1.29, 1.82) is 0 Å². The molecule has 0 aromatic heterocycles. The molecule has 0 aliphatic carbocycles. The van der Waals surface area contributed by atoms with Gasteiger partial charge in [-0.2, -0.15) is 0 Å². The molecule has 0 spiro atoms. The number of rotatable bonds is 13. The Kier molecular flexibility index (Phi) is 14.3. The molecule has 0 aliphatic heterocycles. The molecule has 0 N–H and O–H groups in total. The summed E-state index contributed by atoms with van der Waals surface area (Å²) in [7, 11) is -0.929. The van der Waals surface area contributed by atoms with Crippen LogP contribution < -0.4 is 0 Å². The zero-order chi connectivity index (χ0) is 12.8. The molecular weight excluding hydrogens is 228 g/mol. The average molecular weight is 260 g/mol. The maximum atomic E-state index is 5.66. The van der Waals surface area contributed by atoms with Crippen molar-refractivity contribution in [1.82, 2.24) is 0 Å². The third-order valence-corrected chi connectivity index (χ3v) is 5.03. The normalized spacial score (nSPS) is 12.9. The minimum absolute atomic E-state index is 0.515. The van der Waals surface area contributed by atoms with Crippen molar-refractivity contribution in [2.24, 2.45) is 0 Å². The molecule has 104 valence electrons. The fraction of sp³-hybridized carbons (Fsp3) is 1.00. The Labute approximate surface area is 110 Å². The van der Waals surface area contributed by atoms with Gasteiger partial charge in [0.15, 0.2) is 9.04 Å². The highest BCUT2D eigenvalue weighted by molar-refractivity contribution is 6.50. The van der Waals surface area contributed by atoms with Crippen LogP contribution in [-0.4, -0.2) is 22.4 Å². The lowest BCUT2D eigenvalue weighted by atomic mass is 10.1. The summed E-state index contributed by atoms with van der Waals surface area (Å²) >= 11 is 0. The summed E-state index contributed by atoms with van der Waals surface area (Å²) in [6.45, 7) is 7.84. The summed E-state index contributed by atoms with van der Waals surface area (Å²) in [4.78, 5) is 0. The summed E-state index contributed by atoms with van der Waals surface area (Å²) in [5.74, 6) is 0. The van der Waals surface area contributed by atoms with Gasteiger partial charge in [0.05, 0.1) is 0 Å². The lowest BCUT2D eigenvalue weighted by molar-refractivity contribution is 0.0206. The van der Waals surface area contributed by atoms with Crippen molar-refractivity contribution >= 4 is 9.04 Å². The van der Waals surface area contributed by atoms with Crippen LogP contribution in [0.4, 0.5) is 0 Å². The van der Waals surface area contributed by atoms with Crippen LogP contribution in [0.2, 0.25) is 12.6 Å². The zero-order valence-corrected chi connectivity index (χ0v) is 13.3. The van der Waals surface area contributed by atoms with Crippen molar-refractivity contribution in [3.05, 3.63) is 0 Å².